The molecule has 2 amide bonds. The van der Waals surface area contributed by atoms with Gasteiger partial charge in [0.05, 0.1) is 0 Å². The summed E-state index contributed by atoms with van der Waals surface area (Å²) in [6.07, 6.45) is 3.33. The molecule has 12 nitrogen and oxygen atoms in total. The first kappa shape index (κ1) is 23.1. The lowest BCUT2D eigenvalue weighted by molar-refractivity contribution is -0.150. The van der Waals surface area contributed by atoms with Crippen molar-refractivity contribution < 1.29 is 19.5 Å². The Morgan fingerprint density at radius 1 is 1.31 bits per heavy atom. The van der Waals surface area contributed by atoms with Crippen molar-refractivity contribution in [3.05, 3.63) is 65.6 Å². The number of fused-ring (bicyclic) bond motifs is 1. The molecule has 5 N–H and O–H groups in total. The molecule has 35 heavy (non-hydrogen) atoms. The summed E-state index contributed by atoms with van der Waals surface area (Å²) in [4.78, 5) is 43.1. The van der Waals surface area contributed by atoms with Crippen LogP contribution in [0.3, 0.4) is 0 Å². The third-order valence-corrected chi connectivity index (χ3v) is 7.81. The molecule has 3 atom stereocenters. The molecular weight excluding hydrogens is 492 g/mol. The fraction of sp³-hybridized carbons (Fsp3) is 0.238. The predicted molar refractivity (Wildman–Crippen MR) is 127 cm³/mol. The highest BCUT2D eigenvalue weighted by Gasteiger charge is 2.54. The molecule has 1 aromatic carbocycles. The normalized spacial score (nSPS) is 20.3. The zero-order valence-corrected chi connectivity index (χ0v) is 19.7. The molecule has 0 saturated carbocycles. The van der Waals surface area contributed by atoms with E-state index in [1.54, 1.807) is 42.7 Å². The molecule has 2 aliphatic heterocycles. The summed E-state index contributed by atoms with van der Waals surface area (Å²) >= 11 is 2.65. The van der Waals surface area contributed by atoms with Gasteiger partial charge in [0, 0.05) is 23.9 Å². The lowest BCUT2D eigenvalue weighted by atomic mass is 10.0. The maximum Gasteiger partial charge on any atom is 0.352 e. The van der Waals surface area contributed by atoms with E-state index in [9.17, 15) is 19.5 Å². The van der Waals surface area contributed by atoms with Gasteiger partial charge in [-0.25, -0.2) is 14.6 Å². The fourth-order valence-corrected chi connectivity index (χ4v) is 6.08. The summed E-state index contributed by atoms with van der Waals surface area (Å²) in [6, 6.07) is 8.81. The van der Waals surface area contributed by atoms with Crippen LogP contribution in [0.2, 0.25) is 0 Å². The van der Waals surface area contributed by atoms with Crippen LogP contribution in [0.5, 0.6) is 0 Å². The minimum absolute atomic E-state index is 0.0630. The number of rotatable bonds is 8. The number of aromatic amines is 1. The SMILES string of the molecule is NC(C(=O)NC1C(=O)N2C(C(=O)O)=C(CSc3n[nH]c(-n4cccn4)n3)CS[C@@H]12)c1ccccc1. The average Bonchev–Trinajstić information content (AvgIpc) is 3.57. The Balaban J connectivity index is 1.26. The van der Waals surface area contributed by atoms with Gasteiger partial charge in [-0.1, -0.05) is 42.1 Å². The van der Waals surface area contributed by atoms with Gasteiger partial charge in [0.2, 0.25) is 17.0 Å². The molecule has 2 aromatic heterocycles. The van der Waals surface area contributed by atoms with E-state index in [-0.39, 0.29) is 11.4 Å². The van der Waals surface area contributed by atoms with Gasteiger partial charge in [0.1, 0.15) is 23.2 Å². The number of nitrogens with two attached hydrogens (primary N) is 1. The minimum atomic E-state index is -1.20. The van der Waals surface area contributed by atoms with Crippen LogP contribution in [0.25, 0.3) is 5.95 Å². The molecule has 4 heterocycles. The average molecular weight is 513 g/mol. The van der Waals surface area contributed by atoms with Gasteiger partial charge in [-0.05, 0) is 17.2 Å². The molecule has 0 aliphatic carbocycles. The number of carboxylic acids is 1. The quantitative estimate of drug-likeness (QED) is 0.246. The highest BCUT2D eigenvalue weighted by Crippen LogP contribution is 2.41. The minimum Gasteiger partial charge on any atom is -0.477 e. The number of aliphatic carboxylic acids is 1. The predicted octanol–water partition coefficient (Wildman–Crippen LogP) is 0.521. The van der Waals surface area contributed by atoms with Gasteiger partial charge in [-0.15, -0.1) is 16.9 Å². The topological polar surface area (TPSA) is 172 Å². The first-order valence-corrected chi connectivity index (χ1v) is 12.5. The van der Waals surface area contributed by atoms with Crippen LogP contribution in [-0.4, -0.2) is 75.7 Å². The van der Waals surface area contributed by atoms with Crippen molar-refractivity contribution in [2.45, 2.75) is 22.6 Å². The molecular formula is C21H20N8O4S2. The van der Waals surface area contributed by atoms with Crippen molar-refractivity contribution in [3.8, 4) is 5.95 Å². The van der Waals surface area contributed by atoms with Crippen molar-refractivity contribution in [1.82, 2.24) is 35.2 Å². The number of carbonyl (C=O) groups excluding carboxylic acids is 2. The van der Waals surface area contributed by atoms with E-state index in [0.717, 1.165) is 0 Å². The Hall–Kier alpha value is -3.62. The molecule has 0 radical (unpaired) electrons. The Morgan fingerprint density at radius 2 is 2.11 bits per heavy atom. The lowest BCUT2D eigenvalue weighted by Crippen LogP contribution is -2.71. The standard InChI is InChI=1S/C21H20N8O4S2/c22-13(11-5-2-1-3-6-11)16(30)24-14-17(31)29-15(19(32)33)12(9-34-18(14)29)10-35-21-25-20(26-27-21)28-8-4-7-23-28/h1-8,13-14,18H,9-10,22H2,(H,24,30)(H,32,33)(H,25,26,27)/t13?,14?,18-/m0/s1. The van der Waals surface area contributed by atoms with Crippen LogP contribution in [0.4, 0.5) is 0 Å². The van der Waals surface area contributed by atoms with E-state index in [1.165, 1.54) is 33.1 Å². The fourth-order valence-electron chi connectivity index (χ4n) is 3.80. The van der Waals surface area contributed by atoms with Crippen molar-refractivity contribution in [3.63, 3.8) is 0 Å². The number of benzene rings is 1. The number of amides is 2. The van der Waals surface area contributed by atoms with E-state index in [2.05, 4.69) is 25.6 Å². The molecule has 0 bridgehead atoms. The van der Waals surface area contributed by atoms with Gasteiger partial charge < -0.3 is 16.2 Å². The van der Waals surface area contributed by atoms with Gasteiger partial charge in [-0.2, -0.15) is 10.1 Å². The first-order valence-electron chi connectivity index (χ1n) is 10.5. The summed E-state index contributed by atoms with van der Waals surface area (Å²) in [6.45, 7) is 0. The Morgan fingerprint density at radius 3 is 2.83 bits per heavy atom. The van der Waals surface area contributed by atoms with Gasteiger partial charge >= 0.3 is 5.97 Å². The third kappa shape index (κ3) is 4.42. The summed E-state index contributed by atoms with van der Waals surface area (Å²) in [5, 5.41) is 23.4. The van der Waals surface area contributed by atoms with Crippen molar-refractivity contribution in [2.75, 3.05) is 11.5 Å². The molecule has 1 saturated heterocycles. The molecule has 3 aromatic rings. The molecule has 1 fully saturated rings. The van der Waals surface area contributed by atoms with E-state index in [4.69, 9.17) is 5.73 Å². The van der Waals surface area contributed by atoms with Crippen LogP contribution in [0, 0.1) is 0 Å². The van der Waals surface area contributed by atoms with Gasteiger partial charge in [0.25, 0.3) is 5.91 Å². The third-order valence-electron chi connectivity index (χ3n) is 5.54. The lowest BCUT2D eigenvalue weighted by Gasteiger charge is -2.49. The molecule has 2 unspecified atom stereocenters. The Labute approximate surface area is 207 Å². The second-order valence-electron chi connectivity index (χ2n) is 7.72. The molecule has 5 rings (SSSR count). The zero-order valence-electron chi connectivity index (χ0n) is 18.1. The van der Waals surface area contributed by atoms with Crippen molar-refractivity contribution in [1.29, 1.82) is 0 Å². The summed E-state index contributed by atoms with van der Waals surface area (Å²) < 4.78 is 1.52. The van der Waals surface area contributed by atoms with Crippen LogP contribution < -0.4 is 11.1 Å². The Bertz CT molecular complexity index is 1290. The highest BCUT2D eigenvalue weighted by atomic mass is 32.2. The number of nitrogens with one attached hydrogen (secondary N) is 2. The number of hydrogen-bond donors (Lipinski definition) is 4. The monoisotopic (exact) mass is 512 g/mol. The smallest absolute Gasteiger partial charge is 0.352 e. The van der Waals surface area contributed by atoms with Crippen molar-refractivity contribution in [2.24, 2.45) is 5.73 Å². The maximum absolute atomic E-state index is 12.9. The van der Waals surface area contributed by atoms with Crippen molar-refractivity contribution >= 4 is 41.3 Å². The summed E-state index contributed by atoms with van der Waals surface area (Å²) in [7, 11) is 0. The van der Waals surface area contributed by atoms with E-state index in [1.807, 2.05) is 6.07 Å². The number of carbonyl (C=O) groups is 3. The highest BCUT2D eigenvalue weighted by molar-refractivity contribution is 8.01. The van der Waals surface area contributed by atoms with Gasteiger partial charge in [0.15, 0.2) is 0 Å². The van der Waals surface area contributed by atoms with E-state index in [0.29, 0.717) is 28.0 Å². The van der Waals surface area contributed by atoms with Crippen LogP contribution >= 0.6 is 23.5 Å². The van der Waals surface area contributed by atoms with Crippen LogP contribution in [0.1, 0.15) is 11.6 Å². The number of aromatic nitrogens is 5. The van der Waals surface area contributed by atoms with Crippen LogP contribution in [-0.2, 0) is 14.4 Å². The number of carboxylic acid groups (broad SMARTS) is 1. The second kappa shape index (κ2) is 9.56. The van der Waals surface area contributed by atoms with Crippen LogP contribution in [0.15, 0.2) is 65.2 Å². The van der Waals surface area contributed by atoms with E-state index >= 15 is 0 Å². The number of hydrogen-bond acceptors (Lipinski definition) is 9. The molecule has 180 valence electrons. The number of nitrogens with zero attached hydrogens (tertiary/aromatic N) is 5. The first-order chi connectivity index (χ1) is 16.9. The molecule has 2 aliphatic rings. The largest absolute Gasteiger partial charge is 0.477 e. The molecule has 0 spiro atoms. The summed E-state index contributed by atoms with van der Waals surface area (Å²) in [5.41, 5.74) is 7.17. The molecule has 14 heteroatoms. The number of thioether (sulfide) groups is 2. The number of H-pyrrole nitrogens is 1. The summed E-state index contributed by atoms with van der Waals surface area (Å²) in [5.74, 6) is -1.05. The second-order valence-corrected chi connectivity index (χ2v) is 9.77. The maximum atomic E-state index is 12.9. The Kier molecular flexibility index (Phi) is 6.32. The van der Waals surface area contributed by atoms with E-state index < -0.39 is 35.2 Å². The van der Waals surface area contributed by atoms with Gasteiger partial charge in [-0.3, -0.25) is 14.5 Å². The number of β-lactam (4-membered cyclic amide) rings is 1. The zero-order chi connectivity index (χ0) is 24.5.